The van der Waals surface area contributed by atoms with Gasteiger partial charge >= 0.3 is 8.60 Å². The molecule has 0 spiro atoms. The van der Waals surface area contributed by atoms with E-state index in [1.165, 1.54) is 89.5 Å². The molecule has 0 aromatic heterocycles. The molecule has 0 unspecified atom stereocenters. The zero-order chi connectivity index (χ0) is 29.9. The van der Waals surface area contributed by atoms with Crippen molar-refractivity contribution in [2.24, 2.45) is 0 Å². The summed E-state index contributed by atoms with van der Waals surface area (Å²) in [6, 6.07) is 9.27. The monoisotopic (exact) mass is 568 g/mol. The number of benzene rings is 2. The topological polar surface area (TPSA) is 49.7 Å². The first-order valence-electron chi connectivity index (χ1n) is 15.8. The van der Waals surface area contributed by atoms with Crippen molar-refractivity contribution >= 4 is 8.60 Å². The molecule has 2 N–H and O–H groups in total. The van der Waals surface area contributed by atoms with E-state index in [2.05, 4.69) is 93.5 Å². The zero-order valence-corrected chi connectivity index (χ0v) is 28.1. The Bertz CT molecular complexity index is 1060. The quantitative estimate of drug-likeness (QED) is 0.198. The molecule has 0 fully saturated rings. The second-order valence-corrected chi connectivity index (χ2v) is 15.2. The van der Waals surface area contributed by atoms with Crippen molar-refractivity contribution in [2.75, 3.05) is 0 Å². The number of aryl methyl sites for hydroxylation is 2. The van der Waals surface area contributed by atoms with Gasteiger partial charge in [0.15, 0.2) is 0 Å². The van der Waals surface area contributed by atoms with Crippen LogP contribution in [0.3, 0.4) is 0 Å². The smallest absolute Gasteiger partial charge is 0.328 e. The van der Waals surface area contributed by atoms with Gasteiger partial charge in [-0.05, 0) is 70.9 Å². The number of hydrogen-bond donors (Lipinski definition) is 2. The van der Waals surface area contributed by atoms with Gasteiger partial charge in [-0.2, -0.15) is 0 Å². The van der Waals surface area contributed by atoms with Crippen LogP contribution in [0.1, 0.15) is 170 Å². The van der Waals surface area contributed by atoms with Crippen LogP contribution in [-0.4, -0.2) is 9.79 Å². The number of hydrogen-bond acceptors (Lipinski definition) is 3. The van der Waals surface area contributed by atoms with Crippen molar-refractivity contribution in [1.29, 1.82) is 0 Å². The lowest BCUT2D eigenvalue weighted by molar-refractivity contribution is 0.0708. The van der Waals surface area contributed by atoms with Gasteiger partial charge in [-0.1, -0.05) is 142 Å². The predicted molar refractivity (Wildman–Crippen MR) is 172 cm³/mol. The fraction of sp³-hybridized carbons (Fsp3) is 0.667. The Morgan fingerprint density at radius 1 is 0.700 bits per heavy atom. The first-order chi connectivity index (χ1) is 18.6. The Morgan fingerprint density at radius 2 is 1.10 bits per heavy atom. The predicted octanol–water partition coefficient (Wildman–Crippen LogP) is 10.8. The fourth-order valence-electron chi connectivity index (χ4n) is 6.90. The van der Waals surface area contributed by atoms with Crippen LogP contribution in [0.4, 0.5) is 0 Å². The van der Waals surface area contributed by atoms with Crippen molar-refractivity contribution in [2.45, 2.75) is 156 Å². The lowest BCUT2D eigenvalue weighted by atomic mass is 9.61. The molecule has 40 heavy (non-hydrogen) atoms. The molecule has 1 aliphatic carbocycles. The Balaban J connectivity index is 2.20. The third-order valence-electron chi connectivity index (χ3n) is 8.85. The SMILES string of the molecule is CCCCCCCCCCCC1(OP(O)O)c2c(cc(C)cc2C(C)(C)C)C(C)c2cc(C)cc(C(C)(C)C)c21. The zero-order valence-electron chi connectivity index (χ0n) is 27.2. The molecule has 2 aromatic carbocycles. The van der Waals surface area contributed by atoms with Crippen LogP contribution in [0.5, 0.6) is 0 Å². The summed E-state index contributed by atoms with van der Waals surface area (Å²) in [5, 5.41) is 0. The number of unbranched alkanes of at least 4 members (excludes halogenated alkanes) is 8. The van der Waals surface area contributed by atoms with Gasteiger partial charge in [-0.25, -0.2) is 0 Å². The summed E-state index contributed by atoms with van der Waals surface area (Å²) in [6.07, 6.45) is 12.0. The summed E-state index contributed by atoms with van der Waals surface area (Å²) in [7, 11) is -2.58. The minimum atomic E-state index is -2.58. The van der Waals surface area contributed by atoms with E-state index in [-0.39, 0.29) is 16.7 Å². The van der Waals surface area contributed by atoms with Gasteiger partial charge in [0.25, 0.3) is 0 Å². The van der Waals surface area contributed by atoms with E-state index in [1.54, 1.807) is 0 Å². The molecule has 3 nitrogen and oxygen atoms in total. The third-order valence-corrected chi connectivity index (χ3v) is 9.33. The Labute approximate surface area is 247 Å². The molecule has 224 valence electrons. The highest BCUT2D eigenvalue weighted by Gasteiger charge is 2.50. The summed E-state index contributed by atoms with van der Waals surface area (Å²) in [6.45, 7) is 22.6. The molecule has 0 saturated carbocycles. The fourth-order valence-corrected chi connectivity index (χ4v) is 7.45. The normalized spacial score (nSPS) is 19.2. The van der Waals surface area contributed by atoms with Crippen LogP contribution in [0.2, 0.25) is 0 Å². The van der Waals surface area contributed by atoms with Crippen LogP contribution in [0.25, 0.3) is 0 Å². The van der Waals surface area contributed by atoms with E-state index in [1.807, 2.05) is 0 Å². The maximum Gasteiger partial charge on any atom is 0.328 e. The summed E-state index contributed by atoms with van der Waals surface area (Å²) in [4.78, 5) is 21.3. The van der Waals surface area contributed by atoms with E-state index >= 15 is 0 Å². The second kappa shape index (κ2) is 13.4. The van der Waals surface area contributed by atoms with Gasteiger partial charge in [0.2, 0.25) is 0 Å². The average molecular weight is 569 g/mol. The third kappa shape index (κ3) is 7.38. The maximum atomic E-state index is 10.6. The second-order valence-electron chi connectivity index (χ2n) is 14.5. The molecule has 1 aliphatic rings. The summed E-state index contributed by atoms with van der Waals surface area (Å²) in [5.74, 6) is 0.190. The van der Waals surface area contributed by atoms with Crippen molar-refractivity contribution in [3.8, 4) is 0 Å². The molecule has 4 heteroatoms. The standard InChI is InChI=1S/C36H57O3P/c1-11-12-13-14-15-16-17-18-19-20-36(39-40(37)38)32-28(21-25(2)23-30(32)34(5,6)7)27(4)29-22-26(3)24-31(33(29)36)35(8,9)10/h21-24,27,37-38H,11-20H2,1-10H3. The Morgan fingerprint density at radius 3 is 1.48 bits per heavy atom. The Hall–Kier alpha value is -1.25. The molecule has 0 bridgehead atoms. The van der Waals surface area contributed by atoms with E-state index < -0.39 is 14.2 Å². The van der Waals surface area contributed by atoms with E-state index in [0.717, 1.165) is 19.3 Å². The van der Waals surface area contributed by atoms with Crippen molar-refractivity contribution in [1.82, 2.24) is 0 Å². The molecule has 0 aliphatic heterocycles. The Kier molecular flexibility index (Phi) is 11.1. The molecular formula is C36H57O3P. The van der Waals surface area contributed by atoms with E-state index in [4.69, 9.17) is 4.52 Å². The molecule has 0 heterocycles. The highest BCUT2D eigenvalue weighted by atomic mass is 31.2. The largest absolute Gasteiger partial charge is 0.328 e. The lowest BCUT2D eigenvalue weighted by Gasteiger charge is -2.48. The summed E-state index contributed by atoms with van der Waals surface area (Å²) >= 11 is 0. The average Bonchev–Trinajstić information content (AvgIpc) is 2.83. The van der Waals surface area contributed by atoms with Crippen molar-refractivity contribution < 1.29 is 14.3 Å². The molecular weight excluding hydrogens is 511 g/mol. The number of fused-ring (bicyclic) bond motifs is 2. The minimum absolute atomic E-state index is 0.124. The van der Waals surface area contributed by atoms with Gasteiger partial charge in [0, 0.05) is 5.92 Å². The lowest BCUT2D eigenvalue weighted by Crippen LogP contribution is -2.41. The van der Waals surface area contributed by atoms with E-state index in [9.17, 15) is 9.79 Å². The van der Waals surface area contributed by atoms with Crippen LogP contribution < -0.4 is 0 Å². The molecule has 0 radical (unpaired) electrons. The maximum absolute atomic E-state index is 10.6. The highest BCUT2D eigenvalue weighted by molar-refractivity contribution is 7.39. The summed E-state index contributed by atoms with van der Waals surface area (Å²) in [5.41, 5.74) is 8.75. The van der Waals surface area contributed by atoms with Gasteiger partial charge in [0.1, 0.15) is 5.60 Å². The molecule has 0 atom stereocenters. The van der Waals surface area contributed by atoms with Gasteiger partial charge < -0.3 is 9.79 Å². The van der Waals surface area contributed by atoms with Crippen LogP contribution in [0, 0.1) is 13.8 Å². The summed E-state index contributed by atoms with van der Waals surface area (Å²) < 4.78 is 6.58. The van der Waals surface area contributed by atoms with Gasteiger partial charge in [0.05, 0.1) is 0 Å². The highest BCUT2D eigenvalue weighted by Crippen LogP contribution is 2.59. The molecule has 0 saturated heterocycles. The first kappa shape index (κ1) is 33.3. The van der Waals surface area contributed by atoms with Crippen LogP contribution >= 0.6 is 8.60 Å². The van der Waals surface area contributed by atoms with Gasteiger partial charge in [-0.3, -0.25) is 4.52 Å². The van der Waals surface area contributed by atoms with Crippen molar-refractivity contribution in [3.63, 3.8) is 0 Å². The van der Waals surface area contributed by atoms with Crippen molar-refractivity contribution in [3.05, 3.63) is 68.8 Å². The van der Waals surface area contributed by atoms with Crippen LogP contribution in [-0.2, 0) is 21.0 Å². The number of rotatable bonds is 12. The molecule has 3 rings (SSSR count). The van der Waals surface area contributed by atoms with E-state index in [0.29, 0.717) is 0 Å². The van der Waals surface area contributed by atoms with Gasteiger partial charge in [-0.15, -0.1) is 0 Å². The minimum Gasteiger partial charge on any atom is -0.328 e. The van der Waals surface area contributed by atoms with Crippen LogP contribution in [0.15, 0.2) is 24.3 Å². The molecule has 0 amide bonds. The first-order valence-corrected chi connectivity index (χ1v) is 17.0. The molecule has 2 aromatic rings.